The smallest absolute Gasteiger partial charge is 0.200 e. The summed E-state index contributed by atoms with van der Waals surface area (Å²) in [5.74, 6) is 2.41. The van der Waals surface area contributed by atoms with Crippen LogP contribution >= 0.6 is 0 Å². The predicted molar refractivity (Wildman–Crippen MR) is 146 cm³/mol. The minimum Gasteiger partial charge on any atom is -0.377 e. The summed E-state index contributed by atoms with van der Waals surface area (Å²) in [6, 6.07) is 16.4. The molecule has 0 saturated carbocycles. The van der Waals surface area contributed by atoms with Gasteiger partial charge in [0.15, 0.2) is 11.6 Å². The van der Waals surface area contributed by atoms with Crippen molar-refractivity contribution >= 4 is 22.5 Å². The van der Waals surface area contributed by atoms with Crippen molar-refractivity contribution in [1.82, 2.24) is 20.0 Å². The fraction of sp³-hybridized carbons (Fsp3) is 0.400. The number of fused-ring (bicyclic) bond motifs is 1. The van der Waals surface area contributed by atoms with Gasteiger partial charge in [0.25, 0.3) is 0 Å². The lowest BCUT2D eigenvalue weighted by atomic mass is 9.94. The summed E-state index contributed by atoms with van der Waals surface area (Å²) in [4.78, 5) is 27.6. The van der Waals surface area contributed by atoms with Crippen LogP contribution in [0.15, 0.2) is 53.1 Å². The highest BCUT2D eigenvalue weighted by atomic mass is 16.5. The Morgan fingerprint density at radius 3 is 2.63 bits per heavy atom. The van der Waals surface area contributed by atoms with E-state index in [9.17, 15) is 4.79 Å². The summed E-state index contributed by atoms with van der Waals surface area (Å²) >= 11 is 0. The molecule has 38 heavy (non-hydrogen) atoms. The van der Waals surface area contributed by atoms with Crippen molar-refractivity contribution < 1.29 is 14.1 Å². The van der Waals surface area contributed by atoms with Crippen LogP contribution in [0.5, 0.6) is 0 Å². The molecule has 0 spiro atoms. The lowest BCUT2D eigenvalue weighted by molar-refractivity contribution is 0.0905. The van der Waals surface area contributed by atoms with E-state index in [4.69, 9.17) is 19.2 Å². The van der Waals surface area contributed by atoms with Gasteiger partial charge in [0, 0.05) is 37.0 Å². The lowest BCUT2D eigenvalue weighted by Gasteiger charge is -2.37. The maximum absolute atomic E-state index is 13.3. The first-order valence-electron chi connectivity index (χ1n) is 13.3. The van der Waals surface area contributed by atoms with Crippen LogP contribution in [0.25, 0.3) is 22.0 Å². The van der Waals surface area contributed by atoms with E-state index in [2.05, 4.69) is 40.2 Å². The van der Waals surface area contributed by atoms with Crippen molar-refractivity contribution in [2.24, 2.45) is 5.92 Å². The van der Waals surface area contributed by atoms with Gasteiger partial charge in [-0.15, -0.1) is 0 Å². The maximum Gasteiger partial charge on any atom is 0.200 e. The van der Waals surface area contributed by atoms with Gasteiger partial charge in [-0.25, -0.2) is 9.97 Å². The van der Waals surface area contributed by atoms with Gasteiger partial charge in [-0.2, -0.15) is 0 Å². The second-order valence-electron chi connectivity index (χ2n) is 10.5. The van der Waals surface area contributed by atoms with Crippen LogP contribution in [0.1, 0.15) is 46.5 Å². The van der Waals surface area contributed by atoms with E-state index in [1.165, 1.54) is 0 Å². The molecular formula is C30H33N5O3. The Morgan fingerprint density at radius 1 is 1.08 bits per heavy atom. The SMILES string of the molecule is Cc1noc(C)c1-c1ccc2nc(C(=O)CCC3CN(C)C3)nc(N3CCOC[C@@H]3c3ccccc3)c2c1. The van der Waals surface area contributed by atoms with Crippen molar-refractivity contribution in [3.63, 3.8) is 0 Å². The third-order valence-electron chi connectivity index (χ3n) is 7.75. The summed E-state index contributed by atoms with van der Waals surface area (Å²) in [5, 5.41) is 5.05. The Kier molecular flexibility index (Phi) is 6.68. The molecule has 0 amide bonds. The monoisotopic (exact) mass is 511 g/mol. The van der Waals surface area contributed by atoms with Crippen LogP contribution in [0, 0.1) is 19.8 Å². The third-order valence-corrected chi connectivity index (χ3v) is 7.75. The first-order chi connectivity index (χ1) is 18.5. The average molecular weight is 512 g/mol. The number of Topliss-reactive ketones (excluding diaryl/α,β-unsaturated/α-hetero) is 1. The highest BCUT2D eigenvalue weighted by Crippen LogP contribution is 2.36. The quantitative estimate of drug-likeness (QED) is 0.321. The van der Waals surface area contributed by atoms with E-state index < -0.39 is 0 Å². The number of benzene rings is 2. The van der Waals surface area contributed by atoms with Crippen LogP contribution < -0.4 is 4.90 Å². The van der Waals surface area contributed by atoms with Crippen LogP contribution in [-0.2, 0) is 4.74 Å². The van der Waals surface area contributed by atoms with Gasteiger partial charge in [0.2, 0.25) is 0 Å². The molecule has 2 aliphatic rings. The zero-order chi connectivity index (χ0) is 26.2. The van der Waals surface area contributed by atoms with E-state index >= 15 is 0 Å². The summed E-state index contributed by atoms with van der Waals surface area (Å²) in [5.41, 5.74) is 4.73. The molecule has 0 bridgehead atoms. The molecule has 2 fully saturated rings. The van der Waals surface area contributed by atoms with Crippen molar-refractivity contribution in [3.8, 4) is 11.1 Å². The number of anilines is 1. The number of aromatic nitrogens is 3. The lowest BCUT2D eigenvalue weighted by Crippen LogP contribution is -2.43. The van der Waals surface area contributed by atoms with Gasteiger partial charge in [0.05, 0.1) is 30.5 Å². The number of carbonyl (C=O) groups excluding carboxylic acids is 1. The fourth-order valence-corrected chi connectivity index (χ4v) is 5.77. The molecular weight excluding hydrogens is 478 g/mol. The topological polar surface area (TPSA) is 84.6 Å². The minimum absolute atomic E-state index is 0.00187. The number of ether oxygens (including phenoxy) is 1. The third kappa shape index (κ3) is 4.70. The van der Waals surface area contributed by atoms with Gasteiger partial charge < -0.3 is 19.1 Å². The van der Waals surface area contributed by atoms with Crippen molar-refractivity contribution in [1.29, 1.82) is 0 Å². The molecule has 6 rings (SSSR count). The molecule has 0 N–H and O–H groups in total. The highest BCUT2D eigenvalue weighted by molar-refractivity contribution is 5.99. The Morgan fingerprint density at radius 2 is 1.89 bits per heavy atom. The van der Waals surface area contributed by atoms with E-state index in [0.29, 0.717) is 37.9 Å². The molecule has 0 radical (unpaired) electrons. The number of hydrogen-bond acceptors (Lipinski definition) is 8. The zero-order valence-electron chi connectivity index (χ0n) is 22.2. The number of ketones is 1. The van der Waals surface area contributed by atoms with Crippen molar-refractivity contribution in [3.05, 3.63) is 71.4 Å². The van der Waals surface area contributed by atoms with Crippen LogP contribution in [0.3, 0.4) is 0 Å². The largest absolute Gasteiger partial charge is 0.377 e. The van der Waals surface area contributed by atoms with Gasteiger partial charge in [-0.05, 0) is 56.5 Å². The first-order valence-corrected chi connectivity index (χ1v) is 13.3. The molecule has 1 atom stereocenters. The van der Waals surface area contributed by atoms with Gasteiger partial charge in [0.1, 0.15) is 11.6 Å². The zero-order valence-corrected chi connectivity index (χ0v) is 22.2. The van der Waals surface area contributed by atoms with Crippen LogP contribution in [0.4, 0.5) is 5.82 Å². The molecule has 0 aliphatic carbocycles. The molecule has 4 heterocycles. The number of likely N-dealkylation sites (tertiary alicyclic amines) is 1. The first kappa shape index (κ1) is 24.7. The number of hydrogen-bond donors (Lipinski definition) is 0. The Balaban J connectivity index is 1.44. The van der Waals surface area contributed by atoms with E-state index in [0.717, 1.165) is 64.4 Å². The van der Waals surface area contributed by atoms with Crippen LogP contribution in [-0.4, -0.2) is 65.7 Å². The standard InChI is InChI=1S/C30H33N5O3/c1-19-28(20(2)38-33-19)23-10-11-25-24(15-23)30(32-29(31-25)27(36)12-9-21-16-34(3)17-21)35-13-14-37-18-26(35)22-7-5-4-6-8-22/h4-8,10-11,15,21,26H,9,12-14,16-18H2,1-3H3/t26-/m1/s1. The number of morpholine rings is 1. The molecule has 8 heteroatoms. The molecule has 8 nitrogen and oxygen atoms in total. The van der Waals surface area contributed by atoms with Gasteiger partial charge in [-0.1, -0.05) is 41.6 Å². The Bertz CT molecular complexity index is 1440. The second-order valence-corrected chi connectivity index (χ2v) is 10.5. The molecule has 2 saturated heterocycles. The summed E-state index contributed by atoms with van der Waals surface area (Å²) in [6.45, 7) is 7.79. The number of nitrogens with zero attached hydrogens (tertiary/aromatic N) is 5. The van der Waals surface area contributed by atoms with E-state index in [1.54, 1.807) is 0 Å². The maximum atomic E-state index is 13.3. The molecule has 2 aromatic heterocycles. The molecule has 4 aromatic rings. The molecule has 2 aromatic carbocycles. The number of rotatable bonds is 7. The van der Waals surface area contributed by atoms with Gasteiger partial charge in [-0.3, -0.25) is 4.79 Å². The normalized spacial score (nSPS) is 18.6. The number of aryl methyl sites for hydroxylation is 2. The highest BCUT2D eigenvalue weighted by Gasteiger charge is 2.30. The average Bonchev–Trinajstić information content (AvgIpc) is 3.27. The number of carbonyl (C=O) groups is 1. The second kappa shape index (κ2) is 10.3. The Hall–Kier alpha value is -3.62. The van der Waals surface area contributed by atoms with Crippen molar-refractivity contribution in [2.45, 2.75) is 32.7 Å². The Labute approximate surface area is 222 Å². The molecule has 196 valence electrons. The molecule has 2 aliphatic heterocycles. The minimum atomic E-state index is -0.0146. The summed E-state index contributed by atoms with van der Waals surface area (Å²) in [7, 11) is 2.11. The van der Waals surface area contributed by atoms with Crippen LogP contribution in [0.2, 0.25) is 0 Å². The predicted octanol–water partition coefficient (Wildman–Crippen LogP) is 5.00. The van der Waals surface area contributed by atoms with E-state index in [1.807, 2.05) is 44.2 Å². The summed E-state index contributed by atoms with van der Waals surface area (Å²) in [6.07, 6.45) is 1.33. The fourth-order valence-electron chi connectivity index (χ4n) is 5.77. The summed E-state index contributed by atoms with van der Waals surface area (Å²) < 4.78 is 11.4. The van der Waals surface area contributed by atoms with E-state index in [-0.39, 0.29) is 11.8 Å². The molecule has 0 unspecified atom stereocenters. The van der Waals surface area contributed by atoms with Crippen molar-refractivity contribution in [2.75, 3.05) is 44.8 Å². The van der Waals surface area contributed by atoms with Gasteiger partial charge >= 0.3 is 0 Å².